The Kier molecular flexibility index (Phi) is 3.28. The SMILES string of the molecule is NCC(O)c1nc(-c2ccc(Br)cn2)no1. The van der Waals surface area contributed by atoms with E-state index in [1.54, 1.807) is 12.3 Å². The van der Waals surface area contributed by atoms with E-state index in [-0.39, 0.29) is 12.4 Å². The molecule has 3 N–H and O–H groups in total. The summed E-state index contributed by atoms with van der Waals surface area (Å²) in [6.45, 7) is 0.0371. The lowest BCUT2D eigenvalue weighted by Crippen LogP contribution is -2.11. The number of rotatable bonds is 3. The molecule has 6 nitrogen and oxygen atoms in total. The van der Waals surface area contributed by atoms with E-state index < -0.39 is 6.10 Å². The lowest BCUT2D eigenvalue weighted by molar-refractivity contribution is 0.141. The summed E-state index contributed by atoms with van der Waals surface area (Å²) in [4.78, 5) is 8.10. The fraction of sp³-hybridized carbons (Fsp3) is 0.222. The van der Waals surface area contributed by atoms with Gasteiger partial charge in [0.25, 0.3) is 5.89 Å². The van der Waals surface area contributed by atoms with Crippen LogP contribution >= 0.6 is 15.9 Å². The van der Waals surface area contributed by atoms with Crippen molar-refractivity contribution in [2.75, 3.05) is 6.54 Å². The van der Waals surface area contributed by atoms with E-state index in [0.29, 0.717) is 11.5 Å². The highest BCUT2D eigenvalue weighted by molar-refractivity contribution is 9.10. The fourth-order valence-corrected chi connectivity index (χ4v) is 1.32. The zero-order valence-electron chi connectivity index (χ0n) is 8.17. The largest absolute Gasteiger partial charge is 0.382 e. The Labute approximate surface area is 99.6 Å². The monoisotopic (exact) mass is 284 g/mol. The molecule has 0 saturated carbocycles. The molecule has 0 aliphatic heterocycles. The predicted octanol–water partition coefficient (Wildman–Crippen LogP) is 0.886. The molecule has 0 amide bonds. The van der Waals surface area contributed by atoms with Crippen molar-refractivity contribution >= 4 is 15.9 Å². The molecule has 16 heavy (non-hydrogen) atoms. The summed E-state index contributed by atoms with van der Waals surface area (Å²) >= 11 is 3.27. The third-order valence-electron chi connectivity index (χ3n) is 1.91. The van der Waals surface area contributed by atoms with Gasteiger partial charge in [-0.15, -0.1) is 0 Å². The zero-order valence-corrected chi connectivity index (χ0v) is 9.75. The predicted molar refractivity (Wildman–Crippen MR) is 59.2 cm³/mol. The van der Waals surface area contributed by atoms with Crippen LogP contribution in [0.3, 0.4) is 0 Å². The molecule has 0 aliphatic rings. The van der Waals surface area contributed by atoms with Gasteiger partial charge in [-0.2, -0.15) is 4.98 Å². The van der Waals surface area contributed by atoms with Gasteiger partial charge in [-0.05, 0) is 28.1 Å². The van der Waals surface area contributed by atoms with Gasteiger partial charge >= 0.3 is 0 Å². The van der Waals surface area contributed by atoms with E-state index in [1.165, 1.54) is 0 Å². The number of aliphatic hydroxyl groups excluding tert-OH is 1. The summed E-state index contributed by atoms with van der Waals surface area (Å²) in [5.41, 5.74) is 5.84. The van der Waals surface area contributed by atoms with Crippen molar-refractivity contribution in [3.05, 3.63) is 28.7 Å². The summed E-state index contributed by atoms with van der Waals surface area (Å²) in [6, 6.07) is 3.56. The van der Waals surface area contributed by atoms with Crippen LogP contribution in [0.4, 0.5) is 0 Å². The Morgan fingerprint density at radius 2 is 2.31 bits per heavy atom. The van der Waals surface area contributed by atoms with Crippen LogP contribution in [0.25, 0.3) is 11.5 Å². The third kappa shape index (κ3) is 2.26. The Morgan fingerprint density at radius 3 is 2.94 bits per heavy atom. The Balaban J connectivity index is 2.28. The minimum atomic E-state index is -0.934. The number of aliphatic hydroxyl groups is 1. The van der Waals surface area contributed by atoms with Crippen molar-refractivity contribution in [2.24, 2.45) is 5.73 Å². The van der Waals surface area contributed by atoms with Crippen LogP contribution < -0.4 is 5.73 Å². The topological polar surface area (TPSA) is 98.1 Å². The van der Waals surface area contributed by atoms with Gasteiger partial charge in [0.2, 0.25) is 5.82 Å². The van der Waals surface area contributed by atoms with E-state index in [9.17, 15) is 5.11 Å². The number of nitrogens with zero attached hydrogens (tertiary/aromatic N) is 3. The molecule has 0 spiro atoms. The van der Waals surface area contributed by atoms with Crippen LogP contribution in [0.5, 0.6) is 0 Å². The first-order valence-electron chi connectivity index (χ1n) is 4.54. The lowest BCUT2D eigenvalue weighted by Gasteiger charge is -1.98. The van der Waals surface area contributed by atoms with E-state index in [2.05, 4.69) is 31.1 Å². The van der Waals surface area contributed by atoms with Gasteiger partial charge < -0.3 is 15.4 Å². The number of pyridine rings is 1. The van der Waals surface area contributed by atoms with E-state index in [0.717, 1.165) is 4.47 Å². The maximum Gasteiger partial charge on any atom is 0.257 e. The smallest absolute Gasteiger partial charge is 0.257 e. The van der Waals surface area contributed by atoms with Crippen LogP contribution in [0.2, 0.25) is 0 Å². The summed E-state index contributed by atoms with van der Waals surface area (Å²) in [6.07, 6.45) is 0.696. The van der Waals surface area contributed by atoms with Gasteiger partial charge in [-0.25, -0.2) is 0 Å². The molecule has 2 aromatic rings. The summed E-state index contributed by atoms with van der Waals surface area (Å²) < 4.78 is 5.72. The van der Waals surface area contributed by atoms with Crippen molar-refractivity contribution < 1.29 is 9.63 Å². The van der Waals surface area contributed by atoms with Crippen molar-refractivity contribution in [2.45, 2.75) is 6.10 Å². The van der Waals surface area contributed by atoms with Gasteiger partial charge in [0.05, 0.1) is 0 Å². The van der Waals surface area contributed by atoms with Crippen molar-refractivity contribution in [1.82, 2.24) is 15.1 Å². The zero-order chi connectivity index (χ0) is 11.5. The van der Waals surface area contributed by atoms with Gasteiger partial charge in [0.15, 0.2) is 0 Å². The summed E-state index contributed by atoms with van der Waals surface area (Å²) in [5, 5.41) is 13.1. The quantitative estimate of drug-likeness (QED) is 0.869. The summed E-state index contributed by atoms with van der Waals surface area (Å²) in [5.74, 6) is 0.428. The molecule has 2 rings (SSSR count). The number of hydrogen-bond acceptors (Lipinski definition) is 6. The van der Waals surface area contributed by atoms with Crippen molar-refractivity contribution in [1.29, 1.82) is 0 Å². The molecule has 1 atom stereocenters. The molecule has 0 bridgehead atoms. The Morgan fingerprint density at radius 1 is 1.50 bits per heavy atom. The van der Waals surface area contributed by atoms with Crippen molar-refractivity contribution in [3.63, 3.8) is 0 Å². The molecular formula is C9H9BrN4O2. The molecule has 0 saturated heterocycles. The molecule has 84 valence electrons. The van der Waals surface area contributed by atoms with Crippen LogP contribution in [0, 0.1) is 0 Å². The normalized spacial score (nSPS) is 12.7. The van der Waals surface area contributed by atoms with Crippen LogP contribution in [0.1, 0.15) is 12.0 Å². The second-order valence-electron chi connectivity index (χ2n) is 3.07. The number of nitrogens with two attached hydrogens (primary N) is 1. The average Bonchev–Trinajstić information content (AvgIpc) is 2.78. The second-order valence-corrected chi connectivity index (χ2v) is 3.99. The number of hydrogen-bond donors (Lipinski definition) is 2. The molecule has 2 aromatic heterocycles. The fourth-order valence-electron chi connectivity index (χ4n) is 1.08. The first-order chi connectivity index (χ1) is 7.70. The molecule has 0 fully saturated rings. The van der Waals surface area contributed by atoms with Gasteiger partial charge in [-0.1, -0.05) is 5.16 Å². The molecule has 7 heteroatoms. The van der Waals surface area contributed by atoms with E-state index >= 15 is 0 Å². The molecule has 0 radical (unpaired) electrons. The van der Waals surface area contributed by atoms with E-state index in [4.69, 9.17) is 10.3 Å². The number of halogens is 1. The third-order valence-corrected chi connectivity index (χ3v) is 2.38. The van der Waals surface area contributed by atoms with Crippen LogP contribution in [-0.2, 0) is 0 Å². The maximum atomic E-state index is 9.38. The Bertz CT molecular complexity index is 471. The number of aromatic nitrogens is 3. The minimum absolute atomic E-state index is 0.0371. The minimum Gasteiger partial charge on any atom is -0.382 e. The van der Waals surface area contributed by atoms with Crippen LogP contribution in [0.15, 0.2) is 27.3 Å². The van der Waals surface area contributed by atoms with Gasteiger partial charge in [-0.3, -0.25) is 4.98 Å². The molecule has 0 aromatic carbocycles. The summed E-state index contributed by atoms with van der Waals surface area (Å²) in [7, 11) is 0. The molecular weight excluding hydrogens is 276 g/mol. The molecule has 0 aliphatic carbocycles. The van der Waals surface area contributed by atoms with Crippen molar-refractivity contribution in [3.8, 4) is 11.5 Å². The Hall–Kier alpha value is -1.31. The maximum absolute atomic E-state index is 9.38. The highest BCUT2D eigenvalue weighted by Gasteiger charge is 2.15. The average molecular weight is 285 g/mol. The molecule has 1 unspecified atom stereocenters. The van der Waals surface area contributed by atoms with E-state index in [1.807, 2.05) is 6.07 Å². The molecule has 2 heterocycles. The first-order valence-corrected chi connectivity index (χ1v) is 5.33. The highest BCUT2D eigenvalue weighted by Crippen LogP contribution is 2.17. The first kappa shape index (κ1) is 11.2. The second kappa shape index (κ2) is 4.69. The van der Waals surface area contributed by atoms with Crippen LogP contribution in [-0.4, -0.2) is 26.8 Å². The lowest BCUT2D eigenvalue weighted by atomic mass is 10.3. The standard InChI is InChI=1S/C9H9BrN4O2/c10-5-1-2-6(12-4-5)8-13-9(16-14-8)7(15)3-11/h1-2,4,7,15H,3,11H2. The van der Waals surface area contributed by atoms with Gasteiger partial charge in [0, 0.05) is 17.2 Å². The highest BCUT2D eigenvalue weighted by atomic mass is 79.9. The van der Waals surface area contributed by atoms with Gasteiger partial charge in [0.1, 0.15) is 11.8 Å².